The fourth-order valence-corrected chi connectivity index (χ4v) is 4.92. The van der Waals surface area contributed by atoms with Gasteiger partial charge in [-0.05, 0) is 12.1 Å². The number of fused-ring (bicyclic) bond motifs is 1. The number of aromatic nitrogens is 5. The molecule has 1 saturated heterocycles. The van der Waals surface area contributed by atoms with Gasteiger partial charge in [-0.2, -0.15) is 0 Å². The summed E-state index contributed by atoms with van der Waals surface area (Å²) in [5, 5.41) is 11.8. The van der Waals surface area contributed by atoms with Gasteiger partial charge in [-0.3, -0.25) is 10.0 Å². The summed E-state index contributed by atoms with van der Waals surface area (Å²) in [7, 11) is 3.71. The highest BCUT2D eigenvalue weighted by atomic mass is 32.1. The summed E-state index contributed by atoms with van der Waals surface area (Å²) in [6.45, 7) is 2.51. The number of amides is 1. The summed E-state index contributed by atoms with van der Waals surface area (Å²) in [6, 6.07) is 6.01. The highest BCUT2D eigenvalue weighted by Gasteiger charge is 2.24. The SMILES string of the molecule is CNc1ccc(C2CN(c3ncc4sc(CN(C)c5ncc(C(=O)NO)cn5)cc4n3)CCO2)cn1. The largest absolute Gasteiger partial charge is 0.373 e. The Morgan fingerprint density at radius 2 is 2.06 bits per heavy atom. The van der Waals surface area contributed by atoms with Crippen molar-refractivity contribution in [2.24, 2.45) is 0 Å². The second kappa shape index (κ2) is 10.4. The van der Waals surface area contributed by atoms with E-state index in [1.54, 1.807) is 16.8 Å². The Labute approximate surface area is 211 Å². The van der Waals surface area contributed by atoms with Crippen LogP contribution in [0.5, 0.6) is 0 Å². The molecule has 1 unspecified atom stereocenters. The van der Waals surface area contributed by atoms with Gasteiger partial charge in [0.1, 0.15) is 11.9 Å². The third-order valence-corrected chi connectivity index (χ3v) is 6.85. The Kier molecular flexibility index (Phi) is 6.84. The number of morpholine rings is 1. The van der Waals surface area contributed by atoms with Gasteiger partial charge in [0.25, 0.3) is 5.91 Å². The second-order valence-corrected chi connectivity index (χ2v) is 9.40. The zero-order valence-electron chi connectivity index (χ0n) is 19.7. The van der Waals surface area contributed by atoms with Gasteiger partial charge in [-0.15, -0.1) is 11.3 Å². The lowest BCUT2D eigenvalue weighted by Gasteiger charge is -2.33. The predicted octanol–water partition coefficient (Wildman–Crippen LogP) is 2.25. The predicted molar refractivity (Wildman–Crippen MR) is 135 cm³/mol. The first-order valence-electron chi connectivity index (χ1n) is 11.3. The van der Waals surface area contributed by atoms with Crippen LogP contribution in [0.2, 0.25) is 0 Å². The first-order chi connectivity index (χ1) is 17.5. The van der Waals surface area contributed by atoms with Gasteiger partial charge in [0, 0.05) is 49.7 Å². The van der Waals surface area contributed by atoms with Gasteiger partial charge in [0.2, 0.25) is 11.9 Å². The smallest absolute Gasteiger partial charge is 0.277 e. The summed E-state index contributed by atoms with van der Waals surface area (Å²) in [4.78, 5) is 38.8. The van der Waals surface area contributed by atoms with Crippen LogP contribution in [0, 0.1) is 0 Å². The van der Waals surface area contributed by atoms with E-state index in [0.717, 1.165) is 26.5 Å². The molecule has 12 nitrogen and oxygen atoms in total. The Morgan fingerprint density at radius 1 is 1.22 bits per heavy atom. The number of carbonyl (C=O) groups is 1. The van der Waals surface area contributed by atoms with Crippen LogP contribution in [0.25, 0.3) is 10.2 Å². The van der Waals surface area contributed by atoms with E-state index in [4.69, 9.17) is 14.9 Å². The molecule has 36 heavy (non-hydrogen) atoms. The van der Waals surface area contributed by atoms with Crippen molar-refractivity contribution in [3.8, 4) is 0 Å². The van der Waals surface area contributed by atoms with Gasteiger partial charge in [-0.1, -0.05) is 6.07 Å². The number of rotatable bonds is 7. The number of anilines is 3. The highest BCUT2D eigenvalue weighted by molar-refractivity contribution is 7.19. The molecule has 13 heteroatoms. The molecule has 186 valence electrons. The van der Waals surface area contributed by atoms with Crippen molar-refractivity contribution >= 4 is 45.2 Å². The van der Waals surface area contributed by atoms with Crippen molar-refractivity contribution in [2.45, 2.75) is 12.6 Å². The van der Waals surface area contributed by atoms with Crippen LogP contribution in [0.4, 0.5) is 17.7 Å². The first-order valence-corrected chi connectivity index (χ1v) is 12.1. The molecule has 0 bridgehead atoms. The van der Waals surface area contributed by atoms with Crippen LogP contribution in [0.3, 0.4) is 0 Å². The van der Waals surface area contributed by atoms with Crippen LogP contribution >= 0.6 is 11.3 Å². The van der Waals surface area contributed by atoms with E-state index in [-0.39, 0.29) is 11.7 Å². The first kappa shape index (κ1) is 23.8. The number of carbonyl (C=O) groups excluding carboxylic acids is 1. The van der Waals surface area contributed by atoms with Crippen molar-refractivity contribution in [1.29, 1.82) is 0 Å². The lowest BCUT2D eigenvalue weighted by molar-refractivity contribution is 0.0390. The number of ether oxygens (including phenoxy) is 1. The van der Waals surface area contributed by atoms with Crippen molar-refractivity contribution in [3.05, 3.63) is 59.0 Å². The molecule has 0 aromatic carbocycles. The van der Waals surface area contributed by atoms with Crippen molar-refractivity contribution < 1.29 is 14.7 Å². The van der Waals surface area contributed by atoms with Crippen LogP contribution in [-0.4, -0.2) is 69.8 Å². The number of hydrogen-bond acceptors (Lipinski definition) is 12. The van der Waals surface area contributed by atoms with E-state index >= 15 is 0 Å². The van der Waals surface area contributed by atoms with E-state index in [0.29, 0.717) is 38.1 Å². The Hall–Kier alpha value is -3.94. The van der Waals surface area contributed by atoms with Crippen LogP contribution < -0.4 is 20.6 Å². The lowest BCUT2D eigenvalue weighted by Crippen LogP contribution is -2.39. The van der Waals surface area contributed by atoms with E-state index in [9.17, 15) is 4.79 Å². The summed E-state index contributed by atoms with van der Waals surface area (Å²) in [6.07, 6.45) is 6.34. The maximum Gasteiger partial charge on any atom is 0.277 e. The highest BCUT2D eigenvalue weighted by Crippen LogP contribution is 2.29. The van der Waals surface area contributed by atoms with Gasteiger partial charge in [0.05, 0.1) is 41.7 Å². The summed E-state index contributed by atoms with van der Waals surface area (Å²) < 4.78 is 6.98. The Bertz CT molecular complexity index is 1350. The fourth-order valence-electron chi connectivity index (χ4n) is 3.89. The minimum Gasteiger partial charge on any atom is -0.373 e. The molecule has 1 atom stereocenters. The molecule has 1 aliphatic heterocycles. The molecule has 4 aromatic rings. The van der Waals surface area contributed by atoms with Gasteiger partial charge >= 0.3 is 0 Å². The van der Waals surface area contributed by atoms with Crippen LogP contribution in [0.1, 0.15) is 26.9 Å². The van der Waals surface area contributed by atoms with Gasteiger partial charge in [0.15, 0.2) is 0 Å². The van der Waals surface area contributed by atoms with Crippen molar-refractivity contribution in [1.82, 2.24) is 30.4 Å². The molecular formula is C23H25N9O3S. The molecule has 1 aliphatic rings. The van der Waals surface area contributed by atoms with Crippen LogP contribution in [0.15, 0.2) is 43.0 Å². The lowest BCUT2D eigenvalue weighted by atomic mass is 10.1. The average Bonchev–Trinajstić information content (AvgIpc) is 3.34. The zero-order chi connectivity index (χ0) is 25.1. The summed E-state index contributed by atoms with van der Waals surface area (Å²) in [5.41, 5.74) is 3.65. The third kappa shape index (κ3) is 5.03. The van der Waals surface area contributed by atoms with Gasteiger partial charge < -0.3 is 19.9 Å². The number of pyridine rings is 1. The molecule has 4 aromatic heterocycles. The van der Waals surface area contributed by atoms with Crippen LogP contribution in [-0.2, 0) is 11.3 Å². The van der Waals surface area contributed by atoms with E-state index in [1.807, 2.05) is 49.6 Å². The third-order valence-electron chi connectivity index (χ3n) is 5.81. The number of hydroxylamine groups is 1. The standard InChI is InChI=1S/C23H25N9O3S/c1-24-20-4-3-14(8-25-20)18-13-32(5-6-35-18)23-28-11-19-17(29-23)7-16(36-19)12-31(2)22-26-9-15(10-27-22)21(33)30-34/h3-4,7-11,18,34H,5-6,12-13H2,1-2H3,(H,24,25)(H,30,33). The number of hydrogen-bond donors (Lipinski definition) is 3. The number of nitrogens with one attached hydrogen (secondary N) is 2. The topological polar surface area (TPSA) is 142 Å². The number of nitrogens with zero attached hydrogens (tertiary/aromatic N) is 7. The van der Waals surface area contributed by atoms with Gasteiger partial charge in [-0.25, -0.2) is 30.4 Å². The normalized spacial score (nSPS) is 15.6. The quantitative estimate of drug-likeness (QED) is 0.250. The molecule has 5 heterocycles. The fraction of sp³-hybridized carbons (Fsp3) is 0.304. The summed E-state index contributed by atoms with van der Waals surface area (Å²) in [5.74, 6) is 1.30. The molecule has 0 radical (unpaired) electrons. The van der Waals surface area contributed by atoms with Crippen molar-refractivity contribution in [3.63, 3.8) is 0 Å². The zero-order valence-corrected chi connectivity index (χ0v) is 20.6. The molecule has 1 amide bonds. The van der Waals surface area contributed by atoms with Crippen molar-refractivity contribution in [2.75, 3.05) is 48.9 Å². The Morgan fingerprint density at radius 3 is 2.78 bits per heavy atom. The molecule has 1 fully saturated rings. The molecule has 5 rings (SSSR count). The number of thiophene rings is 1. The molecule has 0 saturated carbocycles. The average molecular weight is 508 g/mol. The monoisotopic (exact) mass is 507 g/mol. The molecule has 0 aliphatic carbocycles. The summed E-state index contributed by atoms with van der Waals surface area (Å²) >= 11 is 1.61. The maximum absolute atomic E-state index is 11.5. The van der Waals surface area contributed by atoms with E-state index < -0.39 is 5.91 Å². The maximum atomic E-state index is 11.5. The molecule has 0 spiro atoms. The minimum absolute atomic E-state index is 0.0991. The Balaban J connectivity index is 1.28. The van der Waals surface area contributed by atoms with E-state index in [1.165, 1.54) is 12.4 Å². The van der Waals surface area contributed by atoms with E-state index in [2.05, 4.69) is 30.2 Å². The molecular weight excluding hydrogens is 482 g/mol. The second-order valence-electron chi connectivity index (χ2n) is 8.23. The minimum atomic E-state index is -0.655. The molecule has 3 N–H and O–H groups in total.